The van der Waals surface area contributed by atoms with Gasteiger partial charge >= 0.3 is 0 Å². The molecule has 7 heterocycles. The van der Waals surface area contributed by atoms with Crippen molar-refractivity contribution in [3.05, 3.63) is 78.5 Å². The lowest BCUT2D eigenvalue weighted by atomic mass is 9.94. The molecule has 2 aliphatic heterocycles. The third-order valence-corrected chi connectivity index (χ3v) is 12.7. The lowest BCUT2D eigenvalue weighted by Crippen LogP contribution is -2.44. The second-order valence-electron chi connectivity index (χ2n) is 16.2. The highest BCUT2D eigenvalue weighted by Gasteiger charge is 2.32. The van der Waals surface area contributed by atoms with Crippen LogP contribution in [0.4, 0.5) is 34.9 Å². The number of fused-ring (bicyclic) bond motifs is 2. The Morgan fingerprint density at radius 3 is 1.57 bits per heavy atom. The summed E-state index contributed by atoms with van der Waals surface area (Å²) in [4.78, 5) is 40.8. The number of rotatable bonds is 11. The number of anilines is 6. The Balaban J connectivity index is 1.19. The monoisotopic (exact) mass is 807 g/mol. The number of ether oxygens (including phenoxy) is 2. The van der Waals surface area contributed by atoms with Crippen LogP contribution in [0.1, 0.15) is 74.3 Å². The van der Waals surface area contributed by atoms with Gasteiger partial charge in [-0.3, -0.25) is 0 Å². The van der Waals surface area contributed by atoms with Gasteiger partial charge in [0.05, 0.1) is 55.9 Å². The van der Waals surface area contributed by atoms with Gasteiger partial charge in [0.25, 0.3) is 11.9 Å². The van der Waals surface area contributed by atoms with Crippen LogP contribution < -0.4 is 39.9 Å². The van der Waals surface area contributed by atoms with E-state index < -0.39 is 0 Å². The number of hydrazine groups is 1. The van der Waals surface area contributed by atoms with Crippen molar-refractivity contribution in [2.75, 3.05) is 86.4 Å². The average molecular weight is 808 g/mol. The van der Waals surface area contributed by atoms with Gasteiger partial charge in [-0.05, 0) is 73.9 Å². The van der Waals surface area contributed by atoms with Gasteiger partial charge in [-0.2, -0.15) is 10.0 Å². The van der Waals surface area contributed by atoms with Crippen molar-refractivity contribution in [3.63, 3.8) is 0 Å². The predicted molar refractivity (Wildman–Crippen MR) is 235 cm³/mol. The molecule has 0 radical (unpaired) electrons. The highest BCUT2D eigenvalue weighted by atomic mass is 16.5. The summed E-state index contributed by atoms with van der Waals surface area (Å²) in [5.41, 5.74) is 6.66. The number of pyridine rings is 3. The van der Waals surface area contributed by atoms with Crippen molar-refractivity contribution < 1.29 is 9.47 Å². The molecule has 60 heavy (non-hydrogen) atoms. The molecule has 15 heteroatoms. The van der Waals surface area contributed by atoms with Crippen molar-refractivity contribution in [1.29, 1.82) is 0 Å². The first-order valence-electron chi connectivity index (χ1n) is 21.6. The van der Waals surface area contributed by atoms with Crippen LogP contribution in [0, 0.1) is 0 Å². The quantitative estimate of drug-likeness (QED) is 0.132. The van der Waals surface area contributed by atoms with Gasteiger partial charge in [0.2, 0.25) is 0 Å². The number of benzene rings is 1. The van der Waals surface area contributed by atoms with Crippen LogP contribution in [0.2, 0.25) is 0 Å². The molecular formula is C45H53N13O2. The number of hydrogen-bond donors (Lipinski definition) is 2. The molecule has 6 aromatic rings. The zero-order valence-electron chi connectivity index (χ0n) is 34.6. The van der Waals surface area contributed by atoms with Gasteiger partial charge < -0.3 is 29.9 Å². The largest absolute Gasteiger partial charge is 0.496 e. The summed E-state index contributed by atoms with van der Waals surface area (Å²) in [5.74, 6) is 4.22. The van der Waals surface area contributed by atoms with Crippen LogP contribution in [0.25, 0.3) is 21.9 Å². The van der Waals surface area contributed by atoms with Crippen LogP contribution in [-0.2, 0) is 0 Å². The second kappa shape index (κ2) is 17.0. The fourth-order valence-electron chi connectivity index (χ4n) is 9.64. The lowest BCUT2D eigenvalue weighted by molar-refractivity contribution is 0.404. The van der Waals surface area contributed by atoms with Crippen LogP contribution in [0.3, 0.4) is 0 Å². The molecule has 0 spiro atoms. The summed E-state index contributed by atoms with van der Waals surface area (Å²) in [6.07, 6.45) is 18.4. The molecule has 15 nitrogen and oxygen atoms in total. The lowest BCUT2D eigenvalue weighted by Gasteiger charge is -2.34. The van der Waals surface area contributed by atoms with Gasteiger partial charge in [0.15, 0.2) is 11.6 Å². The summed E-state index contributed by atoms with van der Waals surface area (Å²) in [6.45, 7) is 7.34. The van der Waals surface area contributed by atoms with E-state index in [1.165, 1.54) is 25.7 Å². The number of nitrogens with zero attached hydrogens (tertiary/aromatic N) is 11. The fraction of sp³-hybridized carbons (Fsp3) is 0.444. The SMILES string of the molecule is COc1ccc2cnc(N(c3ccc(N4CCNCC4)cn3)N(c3ccc(N4CCNCC4)cn3)c3ncc4ncc(OC)c(C5CCCC5)c4n3)nc2c1C1CCCC1. The smallest absolute Gasteiger partial charge is 0.252 e. The van der Waals surface area contributed by atoms with Gasteiger partial charge in [0, 0.05) is 75.1 Å². The number of aromatic nitrogens is 7. The molecule has 10 rings (SSSR count). The molecular weight excluding hydrogens is 755 g/mol. The molecule has 4 fully saturated rings. The third-order valence-electron chi connectivity index (χ3n) is 12.7. The highest BCUT2D eigenvalue weighted by Crippen LogP contribution is 2.44. The molecule has 2 N–H and O–H groups in total. The summed E-state index contributed by atoms with van der Waals surface area (Å²) < 4.78 is 12.0. The number of hydrogen-bond acceptors (Lipinski definition) is 15. The Morgan fingerprint density at radius 2 is 1.05 bits per heavy atom. The predicted octanol–water partition coefficient (Wildman–Crippen LogP) is 6.80. The van der Waals surface area contributed by atoms with Crippen LogP contribution >= 0.6 is 0 Å². The first kappa shape index (κ1) is 38.3. The van der Waals surface area contributed by atoms with E-state index in [2.05, 4.69) is 38.6 Å². The maximum atomic E-state index is 6.02. The summed E-state index contributed by atoms with van der Waals surface area (Å²) in [7, 11) is 3.46. The number of methoxy groups -OCH3 is 2. The van der Waals surface area contributed by atoms with E-state index in [9.17, 15) is 0 Å². The molecule has 0 bridgehead atoms. The van der Waals surface area contributed by atoms with E-state index in [1.54, 1.807) is 20.4 Å². The second-order valence-corrected chi connectivity index (χ2v) is 16.2. The Hall–Kier alpha value is -5.93. The van der Waals surface area contributed by atoms with Crippen LogP contribution in [0.5, 0.6) is 11.5 Å². The van der Waals surface area contributed by atoms with Crippen molar-refractivity contribution in [2.45, 2.75) is 63.2 Å². The molecule has 5 aromatic heterocycles. The topological polar surface area (TPSA) is 146 Å². The first-order chi connectivity index (χ1) is 29.7. The number of piperazine rings is 2. The average Bonchev–Trinajstić information content (AvgIpc) is 4.07. The summed E-state index contributed by atoms with van der Waals surface area (Å²) >= 11 is 0. The van der Waals surface area contributed by atoms with Gasteiger partial charge in [0.1, 0.15) is 22.5 Å². The maximum Gasteiger partial charge on any atom is 0.252 e. The number of nitrogens with one attached hydrogen (secondary N) is 2. The standard InChI is InChI=1S/C45H53N13O2/c1-59-36-14-11-32-25-51-44(53-42(32)40(36)30-7-3-4-8-30)57(38-15-12-33(26-49-38)55-21-17-46-18-22-55)58(39-16-13-34(27-50-39)56-23-19-47-20-24-56)45-52-28-35-43(54-45)41(31-9-5-6-10-31)37(60-2)29-48-35/h11-16,25-31,46-47H,3-10,17-24H2,1-2H3. The Kier molecular flexibility index (Phi) is 10.8. The van der Waals surface area contributed by atoms with Gasteiger partial charge in [-0.15, -0.1) is 0 Å². The molecule has 0 unspecified atom stereocenters. The fourth-order valence-corrected chi connectivity index (χ4v) is 9.64. The Labute approximate surface area is 350 Å². The van der Waals surface area contributed by atoms with Crippen molar-refractivity contribution in [2.24, 2.45) is 0 Å². The molecule has 0 atom stereocenters. The highest BCUT2D eigenvalue weighted by molar-refractivity contribution is 5.87. The molecule has 2 aliphatic carbocycles. The van der Waals surface area contributed by atoms with E-state index in [0.29, 0.717) is 40.9 Å². The Bertz CT molecular complexity index is 2260. The van der Waals surface area contributed by atoms with E-state index in [0.717, 1.165) is 128 Å². The zero-order chi connectivity index (χ0) is 40.4. The summed E-state index contributed by atoms with van der Waals surface area (Å²) in [6, 6.07) is 12.4. The minimum atomic E-state index is 0.307. The first-order valence-corrected chi connectivity index (χ1v) is 21.6. The molecule has 0 amide bonds. The Morgan fingerprint density at radius 1 is 0.533 bits per heavy atom. The minimum Gasteiger partial charge on any atom is -0.496 e. The van der Waals surface area contributed by atoms with Gasteiger partial charge in [-0.25, -0.2) is 34.9 Å². The zero-order valence-corrected chi connectivity index (χ0v) is 34.6. The minimum absolute atomic E-state index is 0.307. The van der Waals surface area contributed by atoms with Crippen molar-refractivity contribution >= 4 is 56.8 Å². The van der Waals surface area contributed by atoms with E-state index >= 15 is 0 Å². The molecule has 2 saturated heterocycles. The van der Waals surface area contributed by atoms with E-state index in [1.807, 2.05) is 53.0 Å². The van der Waals surface area contributed by atoms with Gasteiger partial charge in [-0.1, -0.05) is 25.7 Å². The summed E-state index contributed by atoms with van der Waals surface area (Å²) in [5, 5.41) is 11.7. The van der Waals surface area contributed by atoms with E-state index in [4.69, 9.17) is 44.4 Å². The third kappa shape index (κ3) is 7.33. The molecule has 310 valence electrons. The van der Waals surface area contributed by atoms with Crippen LogP contribution in [0.15, 0.2) is 67.4 Å². The van der Waals surface area contributed by atoms with Crippen LogP contribution in [-0.4, -0.2) is 101 Å². The van der Waals surface area contributed by atoms with E-state index in [-0.39, 0.29) is 0 Å². The normalized spacial score (nSPS) is 17.8. The molecule has 4 aliphatic rings. The van der Waals surface area contributed by atoms with Crippen molar-refractivity contribution in [3.8, 4) is 11.5 Å². The maximum absolute atomic E-state index is 6.02. The molecule has 2 saturated carbocycles. The van der Waals surface area contributed by atoms with Crippen molar-refractivity contribution in [1.82, 2.24) is 45.5 Å². The molecule has 1 aromatic carbocycles.